The third-order valence-electron chi connectivity index (χ3n) is 2.48. The maximum Gasteiger partial charge on any atom is 0.255 e. The van der Waals surface area contributed by atoms with Gasteiger partial charge in [-0.25, -0.2) is 4.98 Å². The van der Waals surface area contributed by atoms with Crippen LogP contribution in [0.15, 0.2) is 36.5 Å². The number of nitrogens with two attached hydrogens (primary N) is 1. The summed E-state index contributed by atoms with van der Waals surface area (Å²) in [4.78, 5) is 16.2. The number of aromatic nitrogens is 1. The van der Waals surface area contributed by atoms with Gasteiger partial charge in [0.2, 0.25) is 5.88 Å². The van der Waals surface area contributed by atoms with Gasteiger partial charge >= 0.3 is 0 Å². The Morgan fingerprint density at radius 3 is 2.95 bits per heavy atom. The molecule has 0 unspecified atom stereocenters. The highest BCUT2D eigenvalue weighted by Gasteiger charge is 2.11. The van der Waals surface area contributed by atoms with Crippen LogP contribution in [0.25, 0.3) is 0 Å². The Morgan fingerprint density at radius 1 is 1.45 bits per heavy atom. The molecule has 2 rings (SSSR count). The van der Waals surface area contributed by atoms with Crippen LogP contribution < -0.4 is 15.8 Å². The van der Waals surface area contributed by atoms with Crippen molar-refractivity contribution in [2.24, 2.45) is 0 Å². The van der Waals surface area contributed by atoms with Crippen LogP contribution in [0.4, 0.5) is 11.4 Å². The Bertz CT molecular complexity index is 611. The molecule has 0 aliphatic heterocycles. The number of nitrogens with one attached hydrogen (secondary N) is 1. The molecular weight excluding hydrogens is 278 g/mol. The largest absolute Gasteiger partial charge is 0.476 e. The highest BCUT2D eigenvalue weighted by molar-refractivity contribution is 6.31. The molecule has 2 aromatic rings. The third-order valence-corrected chi connectivity index (χ3v) is 2.70. The zero-order valence-corrected chi connectivity index (χ0v) is 11.6. The van der Waals surface area contributed by atoms with Crippen molar-refractivity contribution in [2.45, 2.75) is 6.92 Å². The Hall–Kier alpha value is -2.27. The Balaban J connectivity index is 2.23. The number of ether oxygens (including phenoxy) is 1. The molecule has 1 amide bonds. The number of benzene rings is 1. The van der Waals surface area contributed by atoms with Crippen LogP contribution in [0.2, 0.25) is 5.02 Å². The predicted octanol–water partition coefficient (Wildman–Crippen LogP) is 2.97. The molecule has 0 saturated heterocycles. The molecule has 0 radical (unpaired) electrons. The molecule has 0 spiro atoms. The zero-order chi connectivity index (χ0) is 14.5. The number of pyridine rings is 1. The van der Waals surface area contributed by atoms with Gasteiger partial charge in [-0.1, -0.05) is 11.6 Å². The summed E-state index contributed by atoms with van der Waals surface area (Å²) in [6.07, 6.45) is 1.60. The first-order chi connectivity index (χ1) is 9.60. The summed E-state index contributed by atoms with van der Waals surface area (Å²) in [5.41, 5.74) is 6.97. The van der Waals surface area contributed by atoms with E-state index in [0.717, 1.165) is 0 Å². The molecule has 0 fully saturated rings. The van der Waals surface area contributed by atoms with Gasteiger partial charge in [-0.05, 0) is 37.3 Å². The van der Waals surface area contributed by atoms with Crippen LogP contribution in [-0.2, 0) is 0 Å². The molecule has 0 atom stereocenters. The Kier molecular flexibility index (Phi) is 4.42. The summed E-state index contributed by atoms with van der Waals surface area (Å²) in [5.74, 6) is 0.0477. The lowest BCUT2D eigenvalue weighted by Gasteiger charge is -2.10. The van der Waals surface area contributed by atoms with Crippen molar-refractivity contribution in [3.63, 3.8) is 0 Å². The number of carbonyl (C=O) groups excluding carboxylic acids is 1. The van der Waals surface area contributed by atoms with E-state index in [1.165, 1.54) is 0 Å². The molecule has 20 heavy (non-hydrogen) atoms. The zero-order valence-electron chi connectivity index (χ0n) is 10.9. The smallest absolute Gasteiger partial charge is 0.255 e. The first kappa shape index (κ1) is 14.1. The normalized spacial score (nSPS) is 10.1. The topological polar surface area (TPSA) is 77.2 Å². The second-order valence-electron chi connectivity index (χ2n) is 4.02. The monoisotopic (exact) mass is 291 g/mol. The minimum Gasteiger partial charge on any atom is -0.476 e. The maximum atomic E-state index is 12.2. The summed E-state index contributed by atoms with van der Waals surface area (Å²) in [5, 5.41) is 3.13. The third kappa shape index (κ3) is 3.39. The van der Waals surface area contributed by atoms with Crippen molar-refractivity contribution in [3.8, 4) is 5.88 Å². The molecule has 6 heteroatoms. The van der Waals surface area contributed by atoms with Gasteiger partial charge in [0.05, 0.1) is 6.61 Å². The second-order valence-corrected chi connectivity index (χ2v) is 4.45. The fraction of sp³-hybridized carbons (Fsp3) is 0.143. The van der Waals surface area contributed by atoms with E-state index >= 15 is 0 Å². The van der Waals surface area contributed by atoms with Gasteiger partial charge in [0.15, 0.2) is 0 Å². The van der Waals surface area contributed by atoms with E-state index in [9.17, 15) is 4.79 Å². The lowest BCUT2D eigenvalue weighted by molar-refractivity contribution is 0.102. The second kappa shape index (κ2) is 6.25. The van der Waals surface area contributed by atoms with Crippen LogP contribution in [0, 0.1) is 0 Å². The van der Waals surface area contributed by atoms with Crippen molar-refractivity contribution in [1.82, 2.24) is 4.98 Å². The average molecular weight is 292 g/mol. The summed E-state index contributed by atoms with van der Waals surface area (Å²) in [6.45, 7) is 2.31. The van der Waals surface area contributed by atoms with E-state index in [4.69, 9.17) is 22.1 Å². The minimum atomic E-state index is -0.326. The van der Waals surface area contributed by atoms with E-state index in [-0.39, 0.29) is 5.91 Å². The van der Waals surface area contributed by atoms with Gasteiger partial charge in [-0.15, -0.1) is 0 Å². The molecule has 3 N–H and O–H groups in total. The first-order valence-corrected chi connectivity index (χ1v) is 6.43. The molecule has 5 nitrogen and oxygen atoms in total. The molecule has 104 valence electrons. The molecular formula is C14H14ClN3O2. The van der Waals surface area contributed by atoms with Crippen molar-refractivity contribution >= 4 is 28.9 Å². The van der Waals surface area contributed by atoms with Crippen molar-refractivity contribution in [2.75, 3.05) is 17.7 Å². The van der Waals surface area contributed by atoms with Gasteiger partial charge in [0, 0.05) is 22.5 Å². The number of hydrogen-bond donors (Lipinski definition) is 2. The number of hydrogen-bond acceptors (Lipinski definition) is 4. The molecule has 1 heterocycles. The highest BCUT2D eigenvalue weighted by Crippen LogP contribution is 2.22. The van der Waals surface area contributed by atoms with Gasteiger partial charge < -0.3 is 15.8 Å². The first-order valence-electron chi connectivity index (χ1n) is 6.05. The van der Waals surface area contributed by atoms with E-state index in [1.54, 1.807) is 36.5 Å². The van der Waals surface area contributed by atoms with Gasteiger partial charge in [0.25, 0.3) is 5.91 Å². The van der Waals surface area contributed by atoms with Crippen molar-refractivity contribution < 1.29 is 9.53 Å². The number of rotatable bonds is 4. The molecule has 0 saturated carbocycles. The predicted molar refractivity (Wildman–Crippen MR) is 79.2 cm³/mol. The molecule has 0 aliphatic rings. The van der Waals surface area contributed by atoms with Crippen LogP contribution in [0.3, 0.4) is 0 Å². The number of anilines is 2. The lowest BCUT2D eigenvalue weighted by Crippen LogP contribution is -2.13. The summed E-state index contributed by atoms with van der Waals surface area (Å²) in [7, 11) is 0. The lowest BCUT2D eigenvalue weighted by atomic mass is 10.2. The molecule has 0 bridgehead atoms. The van der Waals surface area contributed by atoms with E-state index in [0.29, 0.717) is 34.4 Å². The number of carbonyl (C=O) groups is 1. The average Bonchev–Trinajstić information content (AvgIpc) is 2.40. The van der Waals surface area contributed by atoms with E-state index < -0.39 is 0 Å². The summed E-state index contributed by atoms with van der Waals surface area (Å²) in [6, 6.07) is 8.10. The van der Waals surface area contributed by atoms with Gasteiger partial charge in [0.1, 0.15) is 5.69 Å². The Labute approximate surface area is 121 Å². The van der Waals surface area contributed by atoms with Gasteiger partial charge in [-0.2, -0.15) is 0 Å². The Morgan fingerprint density at radius 2 is 2.25 bits per heavy atom. The summed E-state index contributed by atoms with van der Waals surface area (Å²) >= 11 is 5.88. The fourth-order valence-electron chi connectivity index (χ4n) is 1.68. The van der Waals surface area contributed by atoms with E-state index in [1.807, 2.05) is 6.92 Å². The van der Waals surface area contributed by atoms with Crippen molar-refractivity contribution in [1.29, 1.82) is 0 Å². The van der Waals surface area contributed by atoms with Gasteiger partial charge in [-0.3, -0.25) is 4.79 Å². The molecule has 0 aliphatic carbocycles. The molecule has 1 aromatic carbocycles. The SMILES string of the molecule is CCOc1ncccc1NC(=O)c1cc(N)cc(Cl)c1. The van der Waals surface area contributed by atoms with Crippen LogP contribution in [0.5, 0.6) is 5.88 Å². The minimum absolute atomic E-state index is 0.326. The maximum absolute atomic E-state index is 12.2. The van der Waals surface area contributed by atoms with Crippen LogP contribution in [-0.4, -0.2) is 17.5 Å². The van der Waals surface area contributed by atoms with Crippen molar-refractivity contribution in [3.05, 3.63) is 47.1 Å². The quantitative estimate of drug-likeness (QED) is 0.849. The fourth-order valence-corrected chi connectivity index (χ4v) is 1.92. The highest BCUT2D eigenvalue weighted by atomic mass is 35.5. The van der Waals surface area contributed by atoms with Crippen LogP contribution >= 0.6 is 11.6 Å². The van der Waals surface area contributed by atoms with E-state index in [2.05, 4.69) is 10.3 Å². The summed E-state index contributed by atoms with van der Waals surface area (Å²) < 4.78 is 5.34. The number of halogens is 1. The number of nitrogen functional groups attached to an aromatic ring is 1. The number of amides is 1. The standard InChI is InChI=1S/C14H14ClN3O2/c1-2-20-14-12(4-3-5-17-14)18-13(19)9-6-10(15)8-11(16)7-9/h3-8H,2,16H2,1H3,(H,18,19). The van der Waals surface area contributed by atoms with Crippen LogP contribution in [0.1, 0.15) is 17.3 Å². The molecule has 1 aromatic heterocycles. The number of nitrogens with zero attached hydrogens (tertiary/aromatic N) is 1.